The van der Waals surface area contributed by atoms with Gasteiger partial charge in [0, 0.05) is 23.2 Å². The monoisotopic (exact) mass is 469 g/mol. The van der Waals surface area contributed by atoms with Crippen LogP contribution in [0.5, 0.6) is 11.5 Å². The number of hydrogen-bond donors (Lipinski definition) is 0. The van der Waals surface area contributed by atoms with E-state index in [1.54, 1.807) is 18.2 Å². The predicted octanol–water partition coefficient (Wildman–Crippen LogP) is 4.18. The van der Waals surface area contributed by atoms with E-state index in [0.717, 1.165) is 28.0 Å². The molecule has 7 nitrogen and oxygen atoms in total. The molecule has 0 fully saturated rings. The number of hydrogen-bond acceptors (Lipinski definition) is 7. The number of benzene rings is 2. The number of anilines is 1. The Hall–Kier alpha value is -2.79. The van der Waals surface area contributed by atoms with Crippen molar-refractivity contribution in [2.75, 3.05) is 18.5 Å². The van der Waals surface area contributed by atoms with Gasteiger partial charge in [0.25, 0.3) is 10.0 Å². The maximum absolute atomic E-state index is 14.8. The zero-order valence-electron chi connectivity index (χ0n) is 17.1. The highest BCUT2D eigenvalue weighted by Crippen LogP contribution is 2.32. The number of ether oxygens (including phenoxy) is 2. The smallest absolute Gasteiger partial charge is 0.269 e. The highest BCUT2D eigenvalue weighted by Gasteiger charge is 2.32. The van der Waals surface area contributed by atoms with Crippen LogP contribution in [0.1, 0.15) is 24.5 Å². The average Bonchev–Trinajstić information content (AvgIpc) is 3.28. The largest absolute Gasteiger partial charge is 0.497 e. The molecule has 0 amide bonds. The van der Waals surface area contributed by atoms with E-state index in [-0.39, 0.29) is 17.2 Å². The van der Waals surface area contributed by atoms with Gasteiger partial charge in [-0.25, -0.2) is 26.5 Å². The summed E-state index contributed by atoms with van der Waals surface area (Å²) in [4.78, 5) is 3.19. The predicted molar refractivity (Wildman–Crippen MR) is 113 cm³/mol. The first-order valence-corrected chi connectivity index (χ1v) is 11.5. The van der Waals surface area contributed by atoms with Gasteiger partial charge in [-0.05, 0) is 36.2 Å². The maximum atomic E-state index is 14.8. The Balaban J connectivity index is 2.09. The first-order valence-electron chi connectivity index (χ1n) is 9.30. The molecule has 0 spiro atoms. The Bertz CT molecular complexity index is 1160. The molecule has 1 heterocycles. The van der Waals surface area contributed by atoms with Crippen molar-refractivity contribution in [3.8, 4) is 11.5 Å². The number of rotatable bonds is 9. The van der Waals surface area contributed by atoms with Crippen LogP contribution in [0.15, 0.2) is 41.6 Å². The van der Waals surface area contributed by atoms with E-state index >= 15 is 0 Å². The van der Waals surface area contributed by atoms with Gasteiger partial charge in [-0.2, -0.15) is 4.37 Å². The zero-order chi connectivity index (χ0) is 22.6. The Morgan fingerprint density at radius 2 is 1.84 bits per heavy atom. The van der Waals surface area contributed by atoms with Gasteiger partial charge in [0.15, 0.2) is 0 Å². The van der Waals surface area contributed by atoms with E-state index in [1.165, 1.54) is 20.5 Å². The fraction of sp³-hybridized carbons (Fsp3) is 0.300. The highest BCUT2D eigenvalue weighted by atomic mass is 32.2. The summed E-state index contributed by atoms with van der Waals surface area (Å²) in [6, 6.07) is 6.51. The summed E-state index contributed by atoms with van der Waals surface area (Å²) < 4.78 is 71.3. The second-order valence-electron chi connectivity index (χ2n) is 6.54. The zero-order valence-corrected chi connectivity index (χ0v) is 18.8. The van der Waals surface area contributed by atoms with Crippen LogP contribution in [0.25, 0.3) is 0 Å². The summed E-state index contributed by atoms with van der Waals surface area (Å²) >= 11 is 0.818. The number of methoxy groups -OCH3 is 2. The molecular formula is C20H21F2N3O4S2. The third kappa shape index (κ3) is 4.77. The van der Waals surface area contributed by atoms with E-state index in [9.17, 15) is 17.2 Å². The van der Waals surface area contributed by atoms with Crippen LogP contribution in [-0.4, -0.2) is 32.0 Å². The average molecular weight is 470 g/mol. The summed E-state index contributed by atoms with van der Waals surface area (Å²) in [5.74, 6) is -0.915. The number of sulfonamides is 1. The Kier molecular flexibility index (Phi) is 7.06. The molecule has 3 aromatic rings. The van der Waals surface area contributed by atoms with Crippen molar-refractivity contribution in [3.05, 3.63) is 59.4 Å². The number of nitrogens with zero attached hydrogens (tertiary/aromatic N) is 3. The standard InChI is InChI=1S/C20H21F2N3O4S2/c1-4-5-13-8-17(22)19(10-16(13)21)31(26,27)25(20-23-12-24-30-20)11-14-6-7-15(28-2)9-18(14)29-3/h6-10,12H,4-5,11H2,1-3H3. The van der Waals surface area contributed by atoms with E-state index in [4.69, 9.17) is 9.47 Å². The van der Waals surface area contributed by atoms with Gasteiger partial charge in [-0.3, -0.25) is 0 Å². The topological polar surface area (TPSA) is 81.6 Å². The number of halogens is 2. The third-order valence-electron chi connectivity index (χ3n) is 4.56. The molecule has 31 heavy (non-hydrogen) atoms. The van der Waals surface area contributed by atoms with Gasteiger partial charge >= 0.3 is 0 Å². The summed E-state index contributed by atoms with van der Waals surface area (Å²) in [5, 5.41) is 0.00955. The molecule has 0 bridgehead atoms. The van der Waals surface area contributed by atoms with Crippen LogP contribution in [-0.2, 0) is 23.0 Å². The molecule has 1 aromatic heterocycles. The van der Waals surface area contributed by atoms with Gasteiger partial charge in [-0.1, -0.05) is 13.3 Å². The van der Waals surface area contributed by atoms with Crippen molar-refractivity contribution in [2.24, 2.45) is 0 Å². The van der Waals surface area contributed by atoms with Crippen molar-refractivity contribution in [1.82, 2.24) is 9.36 Å². The lowest BCUT2D eigenvalue weighted by molar-refractivity contribution is 0.391. The molecule has 0 N–H and O–H groups in total. The van der Waals surface area contributed by atoms with Gasteiger partial charge in [-0.15, -0.1) is 0 Å². The van der Waals surface area contributed by atoms with Crippen molar-refractivity contribution >= 4 is 26.7 Å². The Morgan fingerprint density at radius 3 is 2.45 bits per heavy atom. The minimum absolute atomic E-state index is 0.00955. The fourth-order valence-electron chi connectivity index (χ4n) is 3.02. The summed E-state index contributed by atoms with van der Waals surface area (Å²) in [6.07, 6.45) is 2.08. The molecule has 11 heteroatoms. The second kappa shape index (κ2) is 9.56. The van der Waals surface area contributed by atoms with Crippen molar-refractivity contribution in [1.29, 1.82) is 0 Å². The van der Waals surface area contributed by atoms with Crippen molar-refractivity contribution in [2.45, 2.75) is 31.2 Å². The van der Waals surface area contributed by atoms with Crippen LogP contribution < -0.4 is 13.8 Å². The van der Waals surface area contributed by atoms with Crippen LogP contribution in [0.4, 0.5) is 13.9 Å². The molecule has 2 aromatic carbocycles. The SMILES string of the molecule is CCCc1cc(F)c(S(=O)(=O)N(Cc2ccc(OC)cc2OC)c2ncns2)cc1F. The van der Waals surface area contributed by atoms with E-state index in [0.29, 0.717) is 29.9 Å². The molecule has 0 radical (unpaired) electrons. The van der Waals surface area contributed by atoms with Crippen LogP contribution in [0.2, 0.25) is 0 Å². The van der Waals surface area contributed by atoms with Crippen molar-refractivity contribution in [3.63, 3.8) is 0 Å². The van der Waals surface area contributed by atoms with Gasteiger partial charge in [0.1, 0.15) is 34.4 Å². The lowest BCUT2D eigenvalue weighted by Gasteiger charge is -2.23. The summed E-state index contributed by atoms with van der Waals surface area (Å²) in [5.41, 5.74) is 0.601. The van der Waals surface area contributed by atoms with E-state index < -0.39 is 26.6 Å². The highest BCUT2D eigenvalue weighted by molar-refractivity contribution is 7.93. The molecule has 3 rings (SSSR count). The lowest BCUT2D eigenvalue weighted by Crippen LogP contribution is -2.31. The fourth-order valence-corrected chi connectivity index (χ4v) is 5.21. The first-order chi connectivity index (χ1) is 14.8. The molecular weight excluding hydrogens is 448 g/mol. The number of aryl methyl sites for hydroxylation is 1. The molecule has 0 atom stereocenters. The van der Waals surface area contributed by atoms with E-state index in [1.807, 2.05) is 6.92 Å². The first kappa shape index (κ1) is 22.9. The normalized spacial score (nSPS) is 11.4. The minimum atomic E-state index is -4.51. The lowest BCUT2D eigenvalue weighted by atomic mass is 10.1. The van der Waals surface area contributed by atoms with Crippen LogP contribution in [0, 0.1) is 11.6 Å². The Labute approximate surface area is 183 Å². The van der Waals surface area contributed by atoms with Crippen molar-refractivity contribution < 1.29 is 26.7 Å². The maximum Gasteiger partial charge on any atom is 0.269 e. The van der Waals surface area contributed by atoms with Crippen LogP contribution >= 0.6 is 11.5 Å². The van der Waals surface area contributed by atoms with Gasteiger partial charge in [0.05, 0.1) is 20.8 Å². The number of aromatic nitrogens is 2. The molecule has 0 saturated heterocycles. The quantitative estimate of drug-likeness (QED) is 0.468. The minimum Gasteiger partial charge on any atom is -0.497 e. The van der Waals surface area contributed by atoms with Gasteiger partial charge in [0.2, 0.25) is 5.13 Å². The molecule has 0 unspecified atom stereocenters. The Morgan fingerprint density at radius 1 is 1.06 bits per heavy atom. The third-order valence-corrected chi connectivity index (χ3v) is 7.11. The van der Waals surface area contributed by atoms with Crippen LogP contribution in [0.3, 0.4) is 0 Å². The van der Waals surface area contributed by atoms with E-state index in [2.05, 4.69) is 9.36 Å². The summed E-state index contributed by atoms with van der Waals surface area (Å²) in [7, 11) is -1.58. The molecule has 0 aliphatic carbocycles. The molecule has 166 valence electrons. The summed E-state index contributed by atoms with van der Waals surface area (Å²) in [6.45, 7) is 1.59. The molecule has 0 aliphatic heterocycles. The second-order valence-corrected chi connectivity index (χ2v) is 9.13. The molecule has 0 saturated carbocycles. The van der Waals surface area contributed by atoms with Gasteiger partial charge < -0.3 is 9.47 Å². The molecule has 0 aliphatic rings.